The summed E-state index contributed by atoms with van der Waals surface area (Å²) in [6, 6.07) is 18.4. The van der Waals surface area contributed by atoms with Crippen LogP contribution < -0.4 is 4.90 Å². The second kappa shape index (κ2) is 5.02. The zero-order chi connectivity index (χ0) is 15.1. The summed E-state index contributed by atoms with van der Waals surface area (Å²) in [5.41, 5.74) is 3.96. The zero-order valence-corrected chi connectivity index (χ0v) is 12.5. The summed E-state index contributed by atoms with van der Waals surface area (Å²) in [7, 11) is 0. The van der Waals surface area contributed by atoms with Gasteiger partial charge in [0.15, 0.2) is 0 Å². The molecule has 2 heterocycles. The summed E-state index contributed by atoms with van der Waals surface area (Å²) in [6.45, 7) is 2.12. The third-order valence-electron chi connectivity index (χ3n) is 4.50. The number of benzene rings is 2. The van der Waals surface area contributed by atoms with Crippen molar-refractivity contribution in [3.05, 3.63) is 65.9 Å². The minimum Gasteiger partial charge on any atom is -0.351 e. The lowest BCUT2D eigenvalue weighted by molar-refractivity contribution is 0.0971. The number of H-pyrrole nitrogens is 1. The highest BCUT2D eigenvalue weighted by molar-refractivity contribution is 6.08. The molecule has 0 fully saturated rings. The number of nitrogens with one attached hydrogen (secondary N) is 1. The van der Waals surface area contributed by atoms with Crippen molar-refractivity contribution in [1.82, 2.24) is 4.98 Å². The molecule has 0 spiro atoms. The number of amides is 1. The lowest BCUT2D eigenvalue weighted by atomic mass is 9.96. The third-order valence-corrected chi connectivity index (χ3v) is 4.50. The summed E-state index contributed by atoms with van der Waals surface area (Å²) in [5, 5.41) is 1.07. The van der Waals surface area contributed by atoms with E-state index >= 15 is 0 Å². The average molecular weight is 290 g/mol. The summed E-state index contributed by atoms with van der Waals surface area (Å²) in [4.78, 5) is 18.2. The quantitative estimate of drug-likeness (QED) is 0.718. The fourth-order valence-corrected chi connectivity index (χ4v) is 3.32. The van der Waals surface area contributed by atoms with Gasteiger partial charge in [-0.2, -0.15) is 0 Å². The van der Waals surface area contributed by atoms with Gasteiger partial charge in [-0.1, -0.05) is 36.4 Å². The van der Waals surface area contributed by atoms with Crippen LogP contribution >= 0.6 is 0 Å². The number of carbonyl (C=O) groups excluding carboxylic acids is 1. The molecule has 1 amide bonds. The predicted octanol–water partition coefficient (Wildman–Crippen LogP) is 4.15. The Bertz CT molecular complexity index is 816. The monoisotopic (exact) mass is 290 g/mol. The van der Waals surface area contributed by atoms with Gasteiger partial charge in [0, 0.05) is 22.6 Å². The minimum atomic E-state index is 0.0517. The Hall–Kier alpha value is -2.55. The molecule has 1 N–H and O–H groups in total. The van der Waals surface area contributed by atoms with E-state index in [-0.39, 0.29) is 11.9 Å². The summed E-state index contributed by atoms with van der Waals surface area (Å²) >= 11 is 0. The van der Waals surface area contributed by atoms with E-state index in [0.717, 1.165) is 29.4 Å². The molecule has 3 aromatic rings. The Kier molecular flexibility index (Phi) is 3.00. The molecular formula is C19H18N2O. The highest BCUT2D eigenvalue weighted by atomic mass is 16.2. The maximum atomic E-state index is 13.0. The molecule has 2 aromatic carbocycles. The van der Waals surface area contributed by atoms with E-state index in [9.17, 15) is 4.79 Å². The molecule has 0 saturated carbocycles. The van der Waals surface area contributed by atoms with Gasteiger partial charge < -0.3 is 9.88 Å². The van der Waals surface area contributed by atoms with E-state index in [1.54, 1.807) is 0 Å². The first kappa shape index (κ1) is 13.1. The molecule has 0 aliphatic carbocycles. The summed E-state index contributed by atoms with van der Waals surface area (Å²) in [5.74, 6) is 0.0517. The third kappa shape index (κ3) is 2.01. The van der Waals surface area contributed by atoms with E-state index in [1.165, 1.54) is 5.56 Å². The molecule has 1 aromatic heterocycles. The van der Waals surface area contributed by atoms with Crippen LogP contribution in [-0.4, -0.2) is 16.9 Å². The molecule has 0 saturated heterocycles. The van der Waals surface area contributed by atoms with Crippen LogP contribution in [0.5, 0.6) is 0 Å². The van der Waals surface area contributed by atoms with Gasteiger partial charge in [-0.3, -0.25) is 4.79 Å². The van der Waals surface area contributed by atoms with E-state index in [4.69, 9.17) is 0 Å². The Morgan fingerprint density at radius 1 is 1.14 bits per heavy atom. The number of carbonyl (C=O) groups is 1. The van der Waals surface area contributed by atoms with Crippen LogP contribution in [0.4, 0.5) is 5.69 Å². The van der Waals surface area contributed by atoms with E-state index < -0.39 is 0 Å². The molecular weight excluding hydrogens is 272 g/mol. The predicted molar refractivity (Wildman–Crippen MR) is 89.3 cm³/mol. The lowest BCUT2D eigenvalue weighted by Gasteiger charge is -2.35. The van der Waals surface area contributed by atoms with Gasteiger partial charge in [-0.15, -0.1) is 0 Å². The molecule has 0 bridgehead atoms. The Labute approximate surface area is 129 Å². The first-order chi connectivity index (χ1) is 10.7. The van der Waals surface area contributed by atoms with Crippen LogP contribution in [0.25, 0.3) is 10.9 Å². The first-order valence-corrected chi connectivity index (χ1v) is 7.73. The van der Waals surface area contributed by atoms with Crippen molar-refractivity contribution in [1.29, 1.82) is 0 Å². The van der Waals surface area contributed by atoms with Gasteiger partial charge in [0.1, 0.15) is 5.69 Å². The van der Waals surface area contributed by atoms with Crippen molar-refractivity contribution < 1.29 is 4.79 Å². The summed E-state index contributed by atoms with van der Waals surface area (Å²) < 4.78 is 0. The van der Waals surface area contributed by atoms with Crippen LogP contribution in [-0.2, 0) is 6.42 Å². The number of aromatic amines is 1. The van der Waals surface area contributed by atoms with Crippen LogP contribution in [0.3, 0.4) is 0 Å². The summed E-state index contributed by atoms with van der Waals surface area (Å²) in [6.07, 6.45) is 2.04. The molecule has 0 radical (unpaired) electrons. The fraction of sp³-hybridized carbons (Fsp3) is 0.211. The fourth-order valence-electron chi connectivity index (χ4n) is 3.32. The zero-order valence-electron chi connectivity index (χ0n) is 12.5. The van der Waals surface area contributed by atoms with Gasteiger partial charge in [-0.05, 0) is 43.5 Å². The number of fused-ring (bicyclic) bond motifs is 2. The standard InChI is InChI=1S/C19H18N2O/c1-13-10-11-14-6-3-5-9-18(14)21(13)19(22)17-12-15-7-2-4-8-16(15)20-17/h2-9,12-13,20H,10-11H2,1H3. The van der Waals surface area contributed by atoms with Crippen LogP contribution in [0.2, 0.25) is 0 Å². The van der Waals surface area contributed by atoms with Crippen molar-refractivity contribution >= 4 is 22.5 Å². The molecule has 3 heteroatoms. The van der Waals surface area contributed by atoms with Gasteiger partial charge >= 0.3 is 0 Å². The Balaban J connectivity index is 1.78. The molecule has 22 heavy (non-hydrogen) atoms. The van der Waals surface area contributed by atoms with Gasteiger partial charge in [0.2, 0.25) is 0 Å². The van der Waals surface area contributed by atoms with Crippen LogP contribution in [0.1, 0.15) is 29.4 Å². The molecule has 1 aliphatic rings. The number of rotatable bonds is 1. The van der Waals surface area contributed by atoms with E-state index in [0.29, 0.717) is 5.69 Å². The molecule has 110 valence electrons. The molecule has 1 atom stereocenters. The number of hydrogen-bond acceptors (Lipinski definition) is 1. The lowest BCUT2D eigenvalue weighted by Crippen LogP contribution is -2.42. The number of para-hydroxylation sites is 2. The van der Waals surface area contributed by atoms with Crippen molar-refractivity contribution in [3.63, 3.8) is 0 Å². The first-order valence-electron chi connectivity index (χ1n) is 7.73. The van der Waals surface area contributed by atoms with Crippen molar-refractivity contribution in [2.45, 2.75) is 25.8 Å². The molecule has 3 nitrogen and oxygen atoms in total. The SMILES string of the molecule is CC1CCc2ccccc2N1C(=O)c1cc2ccccc2[nH]1. The molecule has 4 rings (SSSR count). The molecule has 1 unspecified atom stereocenters. The van der Waals surface area contributed by atoms with Gasteiger partial charge in [0.25, 0.3) is 5.91 Å². The van der Waals surface area contributed by atoms with Gasteiger partial charge in [0.05, 0.1) is 0 Å². The van der Waals surface area contributed by atoms with Crippen LogP contribution in [0, 0.1) is 0 Å². The highest BCUT2D eigenvalue weighted by Crippen LogP contribution is 2.32. The molecule has 1 aliphatic heterocycles. The van der Waals surface area contributed by atoms with E-state index in [1.807, 2.05) is 53.4 Å². The van der Waals surface area contributed by atoms with Crippen molar-refractivity contribution in [2.24, 2.45) is 0 Å². The normalized spacial score (nSPS) is 17.5. The number of aromatic nitrogens is 1. The highest BCUT2D eigenvalue weighted by Gasteiger charge is 2.29. The second-order valence-corrected chi connectivity index (χ2v) is 5.96. The number of aryl methyl sites for hydroxylation is 1. The number of anilines is 1. The largest absolute Gasteiger partial charge is 0.351 e. The van der Waals surface area contributed by atoms with Gasteiger partial charge in [-0.25, -0.2) is 0 Å². The average Bonchev–Trinajstić information content (AvgIpc) is 2.98. The van der Waals surface area contributed by atoms with Crippen molar-refractivity contribution in [3.8, 4) is 0 Å². The van der Waals surface area contributed by atoms with Crippen molar-refractivity contribution in [2.75, 3.05) is 4.90 Å². The Morgan fingerprint density at radius 2 is 1.91 bits per heavy atom. The topological polar surface area (TPSA) is 36.1 Å². The van der Waals surface area contributed by atoms with E-state index in [2.05, 4.69) is 18.0 Å². The second-order valence-electron chi connectivity index (χ2n) is 5.96. The number of hydrogen-bond donors (Lipinski definition) is 1. The number of nitrogens with zero attached hydrogens (tertiary/aromatic N) is 1. The Morgan fingerprint density at radius 3 is 2.77 bits per heavy atom. The minimum absolute atomic E-state index is 0.0517. The maximum Gasteiger partial charge on any atom is 0.274 e. The maximum absolute atomic E-state index is 13.0. The smallest absolute Gasteiger partial charge is 0.274 e. The van der Waals surface area contributed by atoms with Crippen LogP contribution in [0.15, 0.2) is 54.6 Å².